The molecule has 0 radical (unpaired) electrons. The summed E-state index contributed by atoms with van der Waals surface area (Å²) in [6.07, 6.45) is 8.45. The van der Waals surface area contributed by atoms with Crippen LogP contribution in [0.15, 0.2) is 0 Å². The van der Waals surface area contributed by atoms with Gasteiger partial charge in [0.15, 0.2) is 0 Å². The third-order valence-electron chi connectivity index (χ3n) is 3.67. The van der Waals surface area contributed by atoms with E-state index in [2.05, 4.69) is 10.6 Å². The highest BCUT2D eigenvalue weighted by Gasteiger charge is 2.24. The summed E-state index contributed by atoms with van der Waals surface area (Å²) in [6, 6.07) is 0.369. The highest BCUT2D eigenvalue weighted by atomic mass is 16.5. The number of rotatable bonds is 2. The van der Waals surface area contributed by atoms with Gasteiger partial charge in [0.2, 0.25) is 0 Å². The van der Waals surface area contributed by atoms with E-state index in [1.165, 1.54) is 32.1 Å². The minimum absolute atomic E-state index is 0.0720. The summed E-state index contributed by atoms with van der Waals surface area (Å²) < 4.78 is 5.46. The van der Waals surface area contributed by atoms with Gasteiger partial charge in [0.1, 0.15) is 6.10 Å². The van der Waals surface area contributed by atoms with E-state index in [4.69, 9.17) is 4.74 Å². The van der Waals surface area contributed by atoms with Crippen LogP contribution in [0.5, 0.6) is 0 Å². The smallest absolute Gasteiger partial charge is 0.250 e. The molecule has 1 saturated heterocycles. The van der Waals surface area contributed by atoms with Crippen LogP contribution in [0.1, 0.15) is 44.9 Å². The van der Waals surface area contributed by atoms with Crippen LogP contribution in [0.2, 0.25) is 0 Å². The van der Waals surface area contributed by atoms with Gasteiger partial charge in [-0.1, -0.05) is 32.1 Å². The predicted molar refractivity (Wildman–Crippen MR) is 66.9 cm³/mol. The van der Waals surface area contributed by atoms with Crippen molar-refractivity contribution < 1.29 is 9.53 Å². The number of carbonyl (C=O) groups excluding carboxylic acids is 1. The minimum atomic E-state index is -0.283. The molecule has 0 spiro atoms. The van der Waals surface area contributed by atoms with E-state index in [9.17, 15) is 4.79 Å². The number of hydrogen-bond donors (Lipinski definition) is 2. The molecule has 1 atom stereocenters. The largest absolute Gasteiger partial charge is 0.366 e. The van der Waals surface area contributed by atoms with Gasteiger partial charge in [-0.25, -0.2) is 0 Å². The quantitative estimate of drug-likeness (QED) is 0.762. The van der Waals surface area contributed by atoms with Crippen molar-refractivity contribution in [3.8, 4) is 0 Å². The number of hydrogen-bond acceptors (Lipinski definition) is 3. The van der Waals surface area contributed by atoms with Crippen LogP contribution in [-0.2, 0) is 9.53 Å². The summed E-state index contributed by atoms with van der Waals surface area (Å²) in [5, 5.41) is 6.34. The van der Waals surface area contributed by atoms with Crippen LogP contribution in [-0.4, -0.2) is 37.7 Å². The average Bonchev–Trinajstić information content (AvgIpc) is 2.33. The van der Waals surface area contributed by atoms with Crippen molar-refractivity contribution in [2.24, 2.45) is 0 Å². The molecular formula is C13H24N2O2. The summed E-state index contributed by atoms with van der Waals surface area (Å²) in [5.41, 5.74) is 0. The maximum Gasteiger partial charge on any atom is 0.250 e. The average molecular weight is 240 g/mol. The zero-order chi connectivity index (χ0) is 11.9. The monoisotopic (exact) mass is 240 g/mol. The van der Waals surface area contributed by atoms with Crippen LogP contribution in [0.3, 0.4) is 0 Å². The SMILES string of the molecule is O=C(NC1CCCCCCC1)C1CNCCO1. The van der Waals surface area contributed by atoms with Crippen molar-refractivity contribution in [3.05, 3.63) is 0 Å². The fourth-order valence-electron chi connectivity index (χ4n) is 2.63. The van der Waals surface area contributed by atoms with Crippen molar-refractivity contribution in [3.63, 3.8) is 0 Å². The van der Waals surface area contributed by atoms with E-state index in [1.807, 2.05) is 0 Å². The van der Waals surface area contributed by atoms with Crippen LogP contribution in [0, 0.1) is 0 Å². The van der Waals surface area contributed by atoms with Gasteiger partial charge in [0.05, 0.1) is 6.61 Å². The summed E-state index contributed by atoms with van der Waals surface area (Å²) in [7, 11) is 0. The van der Waals surface area contributed by atoms with Gasteiger partial charge in [-0.15, -0.1) is 0 Å². The molecule has 1 unspecified atom stereocenters. The first-order valence-corrected chi connectivity index (χ1v) is 6.99. The Labute approximate surface area is 103 Å². The maximum absolute atomic E-state index is 12.0. The summed E-state index contributed by atoms with van der Waals surface area (Å²) in [4.78, 5) is 12.0. The highest BCUT2D eigenvalue weighted by Crippen LogP contribution is 2.17. The van der Waals surface area contributed by atoms with Gasteiger partial charge in [-0.3, -0.25) is 4.79 Å². The summed E-state index contributed by atoms with van der Waals surface area (Å²) in [5.74, 6) is 0.0720. The van der Waals surface area contributed by atoms with E-state index in [0.29, 0.717) is 19.2 Å². The molecule has 2 aliphatic rings. The second kappa shape index (κ2) is 6.97. The first kappa shape index (κ1) is 12.8. The molecule has 0 aromatic rings. The van der Waals surface area contributed by atoms with Gasteiger partial charge >= 0.3 is 0 Å². The van der Waals surface area contributed by atoms with E-state index in [0.717, 1.165) is 19.4 Å². The Morgan fingerprint density at radius 2 is 1.82 bits per heavy atom. The Bertz CT molecular complexity index is 232. The van der Waals surface area contributed by atoms with Crippen LogP contribution in [0.4, 0.5) is 0 Å². The molecule has 2 N–H and O–H groups in total. The molecule has 4 nitrogen and oxygen atoms in total. The topological polar surface area (TPSA) is 50.4 Å². The Balaban J connectivity index is 1.75. The molecule has 17 heavy (non-hydrogen) atoms. The molecule has 0 bridgehead atoms. The fraction of sp³-hybridized carbons (Fsp3) is 0.923. The molecule has 98 valence electrons. The number of amides is 1. The first-order chi connectivity index (χ1) is 8.36. The predicted octanol–water partition coefficient (Wildman–Crippen LogP) is 1.20. The molecule has 1 heterocycles. The number of morpholine rings is 1. The molecule has 0 aromatic heterocycles. The van der Waals surface area contributed by atoms with Crippen LogP contribution < -0.4 is 10.6 Å². The standard InChI is InChI=1S/C13H24N2O2/c16-13(12-10-14-8-9-17-12)15-11-6-4-2-1-3-5-7-11/h11-12,14H,1-10H2,(H,15,16). The maximum atomic E-state index is 12.0. The lowest BCUT2D eigenvalue weighted by Gasteiger charge is -2.26. The second-order valence-corrected chi connectivity index (χ2v) is 5.11. The fourth-order valence-corrected chi connectivity index (χ4v) is 2.63. The van der Waals surface area contributed by atoms with Crippen molar-refractivity contribution in [1.82, 2.24) is 10.6 Å². The van der Waals surface area contributed by atoms with Gasteiger partial charge < -0.3 is 15.4 Å². The van der Waals surface area contributed by atoms with Crippen molar-refractivity contribution >= 4 is 5.91 Å². The Hall–Kier alpha value is -0.610. The second-order valence-electron chi connectivity index (χ2n) is 5.11. The Kier molecular flexibility index (Phi) is 5.26. The molecular weight excluding hydrogens is 216 g/mol. The van der Waals surface area contributed by atoms with Crippen molar-refractivity contribution in [2.75, 3.05) is 19.7 Å². The molecule has 0 aromatic carbocycles. The zero-order valence-corrected chi connectivity index (χ0v) is 10.5. The zero-order valence-electron chi connectivity index (χ0n) is 10.5. The number of ether oxygens (including phenoxy) is 1. The molecule has 1 saturated carbocycles. The van der Waals surface area contributed by atoms with Crippen molar-refractivity contribution in [2.45, 2.75) is 57.1 Å². The summed E-state index contributed by atoms with van der Waals surface area (Å²) >= 11 is 0. The van der Waals surface area contributed by atoms with E-state index in [-0.39, 0.29) is 12.0 Å². The molecule has 1 amide bonds. The number of carbonyl (C=O) groups is 1. The molecule has 4 heteroatoms. The lowest BCUT2D eigenvalue weighted by Crippen LogP contribution is -2.50. The van der Waals surface area contributed by atoms with E-state index >= 15 is 0 Å². The Morgan fingerprint density at radius 1 is 1.12 bits per heavy atom. The normalized spacial score (nSPS) is 28.1. The van der Waals surface area contributed by atoms with Crippen LogP contribution in [0.25, 0.3) is 0 Å². The van der Waals surface area contributed by atoms with Crippen molar-refractivity contribution in [1.29, 1.82) is 0 Å². The molecule has 1 aliphatic carbocycles. The molecule has 2 fully saturated rings. The summed E-state index contributed by atoms with van der Waals surface area (Å²) in [6.45, 7) is 2.15. The van der Waals surface area contributed by atoms with E-state index in [1.54, 1.807) is 0 Å². The third-order valence-corrected chi connectivity index (χ3v) is 3.67. The minimum Gasteiger partial charge on any atom is -0.366 e. The molecule has 2 rings (SSSR count). The number of nitrogens with one attached hydrogen (secondary N) is 2. The first-order valence-electron chi connectivity index (χ1n) is 6.99. The lowest BCUT2D eigenvalue weighted by atomic mass is 9.96. The van der Waals surface area contributed by atoms with E-state index < -0.39 is 0 Å². The lowest BCUT2D eigenvalue weighted by molar-refractivity contribution is -0.135. The van der Waals surface area contributed by atoms with Gasteiger partial charge in [-0.2, -0.15) is 0 Å². The molecule has 1 aliphatic heterocycles. The highest BCUT2D eigenvalue weighted by molar-refractivity contribution is 5.81. The van der Waals surface area contributed by atoms with Crippen LogP contribution >= 0.6 is 0 Å². The van der Waals surface area contributed by atoms with Gasteiger partial charge in [0, 0.05) is 19.1 Å². The third kappa shape index (κ3) is 4.28. The Morgan fingerprint density at radius 3 is 2.47 bits per heavy atom. The van der Waals surface area contributed by atoms with Gasteiger partial charge in [-0.05, 0) is 12.8 Å². The van der Waals surface area contributed by atoms with Gasteiger partial charge in [0.25, 0.3) is 5.91 Å².